The van der Waals surface area contributed by atoms with E-state index in [0.717, 1.165) is 11.1 Å². The van der Waals surface area contributed by atoms with Crippen LogP contribution in [0.4, 0.5) is 0 Å². The van der Waals surface area contributed by atoms with Gasteiger partial charge < -0.3 is 4.48 Å². The van der Waals surface area contributed by atoms with E-state index >= 15 is 0 Å². The van der Waals surface area contributed by atoms with E-state index in [0.29, 0.717) is 24.1 Å². The number of likely N-dealkylation sites (N-methyl/N-ethyl adjacent to an activating group) is 1. The Balaban J connectivity index is 1.69. The summed E-state index contributed by atoms with van der Waals surface area (Å²) in [5, 5.41) is 9.07. The molecule has 1 saturated heterocycles. The number of likely N-dealkylation sites (tertiary alicyclic amines) is 1. The van der Waals surface area contributed by atoms with E-state index in [1.807, 2.05) is 74.8 Å². The van der Waals surface area contributed by atoms with E-state index in [1.54, 1.807) is 0 Å². The van der Waals surface area contributed by atoms with Crippen LogP contribution in [-0.4, -0.2) is 54.9 Å². The molecule has 0 bridgehead atoms. The highest BCUT2D eigenvalue weighted by Gasteiger charge is 2.55. The molecule has 5 heteroatoms. The summed E-state index contributed by atoms with van der Waals surface area (Å²) >= 11 is 0. The summed E-state index contributed by atoms with van der Waals surface area (Å²) in [6, 6.07) is 22.1. The van der Waals surface area contributed by atoms with Crippen molar-refractivity contribution in [1.29, 1.82) is 5.26 Å². The summed E-state index contributed by atoms with van der Waals surface area (Å²) in [7, 11) is 3.89. The summed E-state index contributed by atoms with van der Waals surface area (Å²) in [6.07, 6.45) is 4.22. The fourth-order valence-corrected chi connectivity index (χ4v) is 4.86. The maximum Gasteiger partial charge on any atom is 0.234 e. The van der Waals surface area contributed by atoms with E-state index in [-0.39, 0.29) is 23.7 Å². The van der Waals surface area contributed by atoms with E-state index < -0.39 is 11.8 Å². The first-order chi connectivity index (χ1) is 14.9. The van der Waals surface area contributed by atoms with E-state index in [4.69, 9.17) is 5.26 Å². The molecule has 2 aliphatic rings. The van der Waals surface area contributed by atoms with Crippen LogP contribution in [0.2, 0.25) is 0 Å². The predicted molar refractivity (Wildman–Crippen MR) is 119 cm³/mol. The van der Waals surface area contributed by atoms with Crippen LogP contribution >= 0.6 is 0 Å². The second-order valence-corrected chi connectivity index (χ2v) is 9.11. The Bertz CT molecular complexity index is 956. The van der Waals surface area contributed by atoms with Gasteiger partial charge in [0.15, 0.2) is 6.54 Å². The Morgan fingerprint density at radius 3 is 1.71 bits per heavy atom. The molecule has 2 aromatic carbocycles. The van der Waals surface area contributed by atoms with E-state index in [2.05, 4.69) is 18.2 Å². The lowest BCUT2D eigenvalue weighted by atomic mass is 9.68. The van der Waals surface area contributed by atoms with Gasteiger partial charge in [-0.1, -0.05) is 72.8 Å². The Hall–Kier alpha value is -3.23. The van der Waals surface area contributed by atoms with Gasteiger partial charge in [0.25, 0.3) is 0 Å². The largest absolute Gasteiger partial charge is 0.315 e. The van der Waals surface area contributed by atoms with Crippen LogP contribution in [0.5, 0.6) is 0 Å². The lowest BCUT2D eigenvalue weighted by molar-refractivity contribution is -0.882. The molecule has 1 aliphatic heterocycles. The lowest BCUT2D eigenvalue weighted by Crippen LogP contribution is -2.47. The molecule has 0 radical (unpaired) electrons. The van der Waals surface area contributed by atoms with Gasteiger partial charge in [0.05, 0.1) is 39.0 Å². The third-order valence-electron chi connectivity index (χ3n) is 6.59. The van der Waals surface area contributed by atoms with Crippen LogP contribution in [0.1, 0.15) is 23.0 Å². The zero-order valence-electron chi connectivity index (χ0n) is 18.0. The lowest BCUT2D eigenvalue weighted by Gasteiger charge is -2.32. The van der Waals surface area contributed by atoms with Gasteiger partial charge in [0.2, 0.25) is 11.8 Å². The van der Waals surface area contributed by atoms with Gasteiger partial charge in [-0.15, -0.1) is 0 Å². The standard InChI is InChI=1S/C26H28N3O2/c1-29(2,17-15-27)18-16-28-25(30)23-21(19-9-5-3-6-10-19)13-14-22(24(23)26(28)31)20-11-7-4-8-12-20/h3-14,21-24H,16-18H2,1-2H3/q+1/t21-,22-,23+,24+/m0/s1. The summed E-state index contributed by atoms with van der Waals surface area (Å²) in [5.74, 6) is -1.23. The van der Waals surface area contributed by atoms with Crippen molar-refractivity contribution in [3.05, 3.63) is 83.9 Å². The minimum atomic E-state index is -0.406. The van der Waals surface area contributed by atoms with Gasteiger partial charge in [0, 0.05) is 11.8 Å². The summed E-state index contributed by atoms with van der Waals surface area (Å²) < 4.78 is 0.450. The number of hydrogen-bond donors (Lipinski definition) is 0. The number of allylic oxidation sites excluding steroid dienone is 2. The van der Waals surface area contributed by atoms with Crippen LogP contribution in [0.15, 0.2) is 72.8 Å². The van der Waals surface area contributed by atoms with Crippen molar-refractivity contribution in [2.45, 2.75) is 11.8 Å². The van der Waals surface area contributed by atoms with Crippen LogP contribution < -0.4 is 0 Å². The van der Waals surface area contributed by atoms with Crippen LogP contribution in [0.25, 0.3) is 0 Å². The molecule has 4 atom stereocenters. The number of fused-ring (bicyclic) bond motifs is 1. The van der Waals surface area contributed by atoms with Crippen LogP contribution in [-0.2, 0) is 9.59 Å². The molecule has 1 fully saturated rings. The molecule has 4 rings (SSSR count). The molecule has 0 N–H and O–H groups in total. The minimum Gasteiger partial charge on any atom is -0.315 e. The van der Waals surface area contributed by atoms with Crippen molar-refractivity contribution < 1.29 is 14.1 Å². The molecule has 1 heterocycles. The van der Waals surface area contributed by atoms with Crippen LogP contribution in [0, 0.1) is 23.2 Å². The molecule has 0 saturated carbocycles. The number of carbonyl (C=O) groups excluding carboxylic acids is 2. The van der Waals surface area contributed by atoms with Crippen molar-refractivity contribution in [2.24, 2.45) is 11.8 Å². The highest BCUT2D eigenvalue weighted by Crippen LogP contribution is 2.49. The number of nitriles is 1. The topological polar surface area (TPSA) is 61.2 Å². The molecular formula is C26H28N3O2+. The van der Waals surface area contributed by atoms with E-state index in [9.17, 15) is 9.59 Å². The molecule has 0 unspecified atom stereocenters. The van der Waals surface area contributed by atoms with Crippen molar-refractivity contribution in [3.8, 4) is 6.07 Å². The number of nitrogens with zero attached hydrogens (tertiary/aromatic N) is 3. The van der Waals surface area contributed by atoms with Gasteiger partial charge in [-0.05, 0) is 11.1 Å². The first-order valence-corrected chi connectivity index (χ1v) is 10.8. The monoisotopic (exact) mass is 414 g/mol. The number of rotatable bonds is 6. The van der Waals surface area contributed by atoms with Crippen molar-refractivity contribution in [1.82, 2.24) is 4.90 Å². The number of amides is 2. The fourth-order valence-electron chi connectivity index (χ4n) is 4.86. The van der Waals surface area contributed by atoms with Gasteiger partial charge in [0.1, 0.15) is 6.07 Å². The highest BCUT2D eigenvalue weighted by atomic mass is 16.2. The Morgan fingerprint density at radius 1 is 0.839 bits per heavy atom. The van der Waals surface area contributed by atoms with Crippen molar-refractivity contribution >= 4 is 11.8 Å². The number of hydrogen-bond acceptors (Lipinski definition) is 3. The first-order valence-electron chi connectivity index (χ1n) is 10.8. The molecule has 1 aliphatic carbocycles. The predicted octanol–water partition coefficient (Wildman–Crippen LogP) is 3.32. The number of benzene rings is 2. The molecule has 158 valence electrons. The second-order valence-electron chi connectivity index (χ2n) is 9.11. The second kappa shape index (κ2) is 8.49. The van der Waals surface area contributed by atoms with Crippen molar-refractivity contribution in [2.75, 3.05) is 33.7 Å². The Kier molecular flexibility index (Phi) is 5.75. The SMILES string of the molecule is C[N+](C)(CC#N)CCN1C(=O)[C@H]2[C@H](C1=O)[C@H](c1ccccc1)C=C[C@H]2c1ccccc1. The maximum atomic E-state index is 13.6. The van der Waals surface area contributed by atoms with Crippen LogP contribution in [0.3, 0.4) is 0 Å². The first kappa shape index (κ1) is 21.0. The maximum absolute atomic E-state index is 13.6. The summed E-state index contributed by atoms with van der Waals surface area (Å²) in [6.45, 7) is 1.23. The molecule has 5 nitrogen and oxygen atoms in total. The highest BCUT2D eigenvalue weighted by molar-refractivity contribution is 6.06. The number of imide groups is 1. The van der Waals surface area contributed by atoms with Gasteiger partial charge >= 0.3 is 0 Å². The fraction of sp³-hybridized carbons (Fsp3) is 0.346. The summed E-state index contributed by atoms with van der Waals surface area (Å²) in [4.78, 5) is 28.6. The molecule has 0 aromatic heterocycles. The quantitative estimate of drug-likeness (QED) is 0.315. The molecule has 2 aromatic rings. The Labute approximate surface area is 183 Å². The Morgan fingerprint density at radius 2 is 1.29 bits per heavy atom. The zero-order valence-corrected chi connectivity index (χ0v) is 18.0. The molecule has 0 spiro atoms. The number of quaternary nitrogens is 1. The average molecular weight is 415 g/mol. The normalized spacial score (nSPS) is 25.4. The minimum absolute atomic E-state index is 0.0916. The van der Waals surface area contributed by atoms with E-state index in [1.165, 1.54) is 4.90 Å². The molecule has 31 heavy (non-hydrogen) atoms. The van der Waals surface area contributed by atoms with Crippen molar-refractivity contribution in [3.63, 3.8) is 0 Å². The zero-order chi connectivity index (χ0) is 22.0. The number of carbonyl (C=O) groups is 2. The van der Waals surface area contributed by atoms with Gasteiger partial charge in [-0.3, -0.25) is 14.5 Å². The van der Waals surface area contributed by atoms with Gasteiger partial charge in [-0.25, -0.2) is 0 Å². The third kappa shape index (κ3) is 4.04. The smallest absolute Gasteiger partial charge is 0.234 e. The average Bonchev–Trinajstić information content (AvgIpc) is 3.03. The third-order valence-corrected chi connectivity index (χ3v) is 6.59. The molecular weight excluding hydrogens is 386 g/mol. The van der Waals surface area contributed by atoms with Gasteiger partial charge in [-0.2, -0.15) is 5.26 Å². The molecule has 2 amide bonds. The summed E-state index contributed by atoms with van der Waals surface area (Å²) in [5.41, 5.74) is 2.12.